The largest absolute Gasteiger partial charge is 0.305 e. The number of hydrogen-bond acceptors (Lipinski definition) is 1. The van der Waals surface area contributed by atoms with Gasteiger partial charge < -0.3 is 4.55 Å². The highest BCUT2D eigenvalue weighted by molar-refractivity contribution is 7.97. The Balaban J connectivity index is 3.39. The van der Waals surface area contributed by atoms with Gasteiger partial charge in [-0.2, -0.15) is 10.2 Å². The van der Waals surface area contributed by atoms with Crippen molar-refractivity contribution in [2.75, 3.05) is 11.5 Å². The van der Waals surface area contributed by atoms with Crippen LogP contribution in [0.2, 0.25) is 0 Å². The third-order valence-electron chi connectivity index (χ3n) is 3.72. The molecule has 118 valence electrons. The Bertz CT molecular complexity index is 209. The van der Waals surface area contributed by atoms with Crippen molar-refractivity contribution in [3.05, 3.63) is 0 Å². The summed E-state index contributed by atoms with van der Waals surface area (Å²) in [6, 6.07) is 0. The number of thiol groups is 1. The van der Waals surface area contributed by atoms with E-state index in [9.17, 15) is 8.76 Å². The van der Waals surface area contributed by atoms with Gasteiger partial charge >= 0.3 is 0 Å². The third-order valence-corrected chi connectivity index (χ3v) is 5.75. The molecular formula is C16H36O2S. The van der Waals surface area contributed by atoms with Crippen molar-refractivity contribution < 1.29 is 8.76 Å². The lowest BCUT2D eigenvalue weighted by Gasteiger charge is -2.22. The molecule has 0 aliphatic carbocycles. The van der Waals surface area contributed by atoms with Gasteiger partial charge in [-0.05, 0) is 12.8 Å². The topological polar surface area (TPSA) is 37.3 Å². The summed E-state index contributed by atoms with van der Waals surface area (Å²) >= 11 is 0. The molecular weight excluding hydrogens is 256 g/mol. The van der Waals surface area contributed by atoms with Gasteiger partial charge in [0.1, 0.15) is 0 Å². The second-order valence-corrected chi connectivity index (χ2v) is 8.42. The highest BCUT2D eigenvalue weighted by atomic mass is 32.3. The smallest absolute Gasteiger partial charge is 0.0316 e. The van der Waals surface area contributed by atoms with Crippen LogP contribution in [0.15, 0.2) is 0 Å². The van der Waals surface area contributed by atoms with E-state index in [1.807, 2.05) is 0 Å². The minimum atomic E-state index is -2.80. The van der Waals surface area contributed by atoms with Crippen LogP contribution >= 0.6 is 0 Å². The van der Waals surface area contributed by atoms with Gasteiger partial charge in [-0.3, -0.25) is 0 Å². The first-order valence-electron chi connectivity index (χ1n) is 8.43. The van der Waals surface area contributed by atoms with Crippen LogP contribution < -0.4 is 0 Å². The molecule has 0 saturated carbocycles. The molecule has 0 heterocycles. The molecule has 0 amide bonds. The molecule has 0 atom stereocenters. The van der Waals surface area contributed by atoms with Crippen LogP contribution in [-0.4, -0.2) is 20.3 Å². The highest BCUT2D eigenvalue weighted by Gasteiger charge is 2.05. The first kappa shape index (κ1) is 19.1. The summed E-state index contributed by atoms with van der Waals surface area (Å²) in [4.78, 5) is 0. The molecule has 0 aliphatic heterocycles. The van der Waals surface area contributed by atoms with E-state index in [0.717, 1.165) is 25.7 Å². The zero-order valence-electron chi connectivity index (χ0n) is 13.2. The van der Waals surface area contributed by atoms with Crippen LogP contribution in [0.1, 0.15) is 90.9 Å². The molecule has 0 saturated heterocycles. The molecule has 0 radical (unpaired) electrons. The van der Waals surface area contributed by atoms with Crippen molar-refractivity contribution in [2.24, 2.45) is 0 Å². The van der Waals surface area contributed by atoms with Crippen molar-refractivity contribution in [2.45, 2.75) is 90.9 Å². The van der Waals surface area contributed by atoms with E-state index >= 15 is 0 Å². The Labute approximate surface area is 122 Å². The van der Waals surface area contributed by atoms with E-state index in [1.54, 1.807) is 0 Å². The molecule has 0 aromatic rings. The van der Waals surface area contributed by atoms with E-state index < -0.39 is 10.2 Å². The van der Waals surface area contributed by atoms with Crippen LogP contribution in [0.25, 0.3) is 0 Å². The summed E-state index contributed by atoms with van der Waals surface area (Å²) < 4.78 is 21.8. The molecule has 0 unspecified atom stereocenters. The Kier molecular flexibility index (Phi) is 13.2. The summed E-state index contributed by atoms with van der Waals surface area (Å²) in [5, 5.41) is 0. The fourth-order valence-corrected chi connectivity index (χ4v) is 4.05. The van der Waals surface area contributed by atoms with Crippen molar-refractivity contribution in [1.82, 2.24) is 0 Å². The molecule has 19 heavy (non-hydrogen) atoms. The summed E-state index contributed by atoms with van der Waals surface area (Å²) in [6.07, 6.45) is 14.3. The molecule has 0 fully saturated rings. The monoisotopic (exact) mass is 292 g/mol. The van der Waals surface area contributed by atoms with Crippen molar-refractivity contribution in [3.63, 3.8) is 0 Å². The molecule has 0 aromatic heterocycles. The lowest BCUT2D eigenvalue weighted by atomic mass is 10.1. The highest BCUT2D eigenvalue weighted by Crippen LogP contribution is 2.12. The molecule has 0 rings (SSSR count). The van der Waals surface area contributed by atoms with Crippen LogP contribution in [-0.2, 0) is 10.2 Å². The van der Waals surface area contributed by atoms with Crippen molar-refractivity contribution in [3.8, 4) is 0 Å². The summed E-state index contributed by atoms with van der Waals surface area (Å²) in [5.41, 5.74) is 0. The lowest BCUT2D eigenvalue weighted by Crippen LogP contribution is -2.19. The maximum atomic E-state index is 11.9. The van der Waals surface area contributed by atoms with Gasteiger partial charge in [0, 0.05) is 11.5 Å². The third kappa shape index (κ3) is 14.3. The SMILES string of the molecule is CCCCCCCC[SH](=O)(O)CCCCCCCC. The molecule has 2 nitrogen and oxygen atoms in total. The van der Waals surface area contributed by atoms with Crippen molar-refractivity contribution >= 4 is 10.2 Å². The maximum Gasteiger partial charge on any atom is 0.0316 e. The van der Waals surface area contributed by atoms with E-state index in [-0.39, 0.29) is 0 Å². The Morgan fingerprint density at radius 1 is 0.632 bits per heavy atom. The standard InChI is InChI=1S/C16H36O2S/c1-3-5-7-9-11-13-15-19(17,18)16-14-12-10-8-6-4-2/h19H,3-16H2,1-2H3,(H,17,18). The predicted octanol–water partition coefficient (Wildman–Crippen LogP) is 5.20. The van der Waals surface area contributed by atoms with Gasteiger partial charge in [-0.1, -0.05) is 78.1 Å². The first-order chi connectivity index (χ1) is 9.12. The van der Waals surface area contributed by atoms with Crippen LogP contribution in [0.3, 0.4) is 0 Å². The lowest BCUT2D eigenvalue weighted by molar-refractivity contribution is 0.525. The molecule has 0 aromatic carbocycles. The Morgan fingerprint density at radius 2 is 0.947 bits per heavy atom. The molecule has 0 bridgehead atoms. The molecule has 0 aliphatic rings. The van der Waals surface area contributed by atoms with Gasteiger partial charge in [0.2, 0.25) is 0 Å². The summed E-state index contributed by atoms with van der Waals surface area (Å²) in [7, 11) is -2.80. The van der Waals surface area contributed by atoms with E-state index in [2.05, 4.69) is 13.8 Å². The van der Waals surface area contributed by atoms with E-state index in [1.165, 1.54) is 51.4 Å². The Hall–Kier alpha value is 0.110. The molecule has 3 heteroatoms. The quantitative estimate of drug-likeness (QED) is 0.341. The van der Waals surface area contributed by atoms with Crippen LogP contribution in [0, 0.1) is 0 Å². The van der Waals surface area contributed by atoms with Gasteiger partial charge in [0.05, 0.1) is 0 Å². The molecule has 1 N–H and O–H groups in total. The zero-order chi connectivity index (χ0) is 14.4. The van der Waals surface area contributed by atoms with Crippen molar-refractivity contribution in [1.29, 1.82) is 0 Å². The van der Waals surface area contributed by atoms with Gasteiger partial charge in [0.15, 0.2) is 0 Å². The average molecular weight is 293 g/mol. The number of rotatable bonds is 14. The predicted molar refractivity (Wildman–Crippen MR) is 88.7 cm³/mol. The average Bonchev–Trinajstić information content (AvgIpc) is 2.38. The van der Waals surface area contributed by atoms with E-state index in [4.69, 9.17) is 0 Å². The second kappa shape index (κ2) is 13.1. The normalized spacial score (nSPS) is 12.8. The minimum absolute atomic E-state index is 0.550. The summed E-state index contributed by atoms with van der Waals surface area (Å²) in [5.74, 6) is 1.10. The minimum Gasteiger partial charge on any atom is -0.305 e. The van der Waals surface area contributed by atoms with Gasteiger partial charge in [-0.15, -0.1) is 0 Å². The fraction of sp³-hybridized carbons (Fsp3) is 1.00. The van der Waals surface area contributed by atoms with Gasteiger partial charge in [-0.25, -0.2) is 4.21 Å². The van der Waals surface area contributed by atoms with Gasteiger partial charge in [0.25, 0.3) is 0 Å². The number of unbranched alkanes of at least 4 members (excludes halogenated alkanes) is 10. The van der Waals surface area contributed by atoms with E-state index in [0.29, 0.717) is 11.5 Å². The zero-order valence-corrected chi connectivity index (χ0v) is 14.1. The number of hydrogen-bond donors (Lipinski definition) is 2. The van der Waals surface area contributed by atoms with Crippen LogP contribution in [0.4, 0.5) is 0 Å². The summed E-state index contributed by atoms with van der Waals surface area (Å²) in [6.45, 7) is 4.42. The van der Waals surface area contributed by atoms with Crippen LogP contribution in [0.5, 0.6) is 0 Å². The first-order valence-corrected chi connectivity index (χ1v) is 10.5. The molecule has 0 spiro atoms. The maximum absolute atomic E-state index is 11.9. The second-order valence-electron chi connectivity index (χ2n) is 5.83. The fourth-order valence-electron chi connectivity index (χ4n) is 2.39. The Morgan fingerprint density at radius 3 is 1.32 bits per heavy atom.